The van der Waals surface area contributed by atoms with Crippen molar-refractivity contribution in [2.45, 2.75) is 20.0 Å². The van der Waals surface area contributed by atoms with Crippen LogP contribution in [0.1, 0.15) is 17.0 Å². The monoisotopic (exact) mass is 331 g/mol. The van der Waals surface area contributed by atoms with Crippen molar-refractivity contribution in [2.75, 3.05) is 0 Å². The summed E-state index contributed by atoms with van der Waals surface area (Å²) in [5.74, 6) is -0.985. The Morgan fingerprint density at radius 1 is 1.12 bits per heavy atom. The maximum absolute atomic E-state index is 13.5. The molecule has 0 amide bonds. The molecule has 0 saturated carbocycles. The first kappa shape index (κ1) is 14.7. The van der Waals surface area contributed by atoms with Crippen molar-refractivity contribution in [3.05, 3.63) is 47.5 Å². The summed E-state index contributed by atoms with van der Waals surface area (Å²) in [6, 6.07) is 4.96. The van der Waals surface area contributed by atoms with E-state index in [1.165, 1.54) is 6.20 Å². The third-order valence-corrected chi connectivity index (χ3v) is 3.99. The molecule has 0 aliphatic rings. The van der Waals surface area contributed by atoms with Gasteiger partial charge in [-0.05, 0) is 43.2 Å². The van der Waals surface area contributed by atoms with Crippen LogP contribution in [0, 0.1) is 13.8 Å². The molecular weight excluding hydrogens is 319 g/mol. The normalized spacial score (nSPS) is 12.4. The van der Waals surface area contributed by atoms with Gasteiger partial charge in [0, 0.05) is 11.6 Å². The number of hydrogen-bond donors (Lipinski definition) is 1. The second-order valence-corrected chi connectivity index (χ2v) is 5.67. The maximum Gasteiger partial charge on any atom is 0.450 e. The van der Waals surface area contributed by atoms with Gasteiger partial charge in [-0.3, -0.25) is 9.67 Å². The van der Waals surface area contributed by atoms with Crippen molar-refractivity contribution in [1.29, 1.82) is 0 Å². The summed E-state index contributed by atoms with van der Waals surface area (Å²) in [5.41, 5.74) is 3.02. The molecule has 4 aromatic rings. The van der Waals surface area contributed by atoms with Gasteiger partial charge in [0.2, 0.25) is 5.82 Å². The van der Waals surface area contributed by atoms with Crippen molar-refractivity contribution < 1.29 is 13.2 Å². The van der Waals surface area contributed by atoms with Crippen molar-refractivity contribution >= 4 is 22.1 Å². The number of H-pyrrole nitrogens is 1. The molecule has 3 heterocycles. The first-order valence-electron chi connectivity index (χ1n) is 7.21. The van der Waals surface area contributed by atoms with E-state index in [0.717, 1.165) is 21.0 Å². The zero-order valence-electron chi connectivity index (χ0n) is 12.8. The number of nitrogens with one attached hydrogen (secondary N) is 1. The molecule has 1 aromatic carbocycles. The number of pyridine rings is 1. The number of nitrogens with zero attached hydrogens (tertiary/aromatic N) is 4. The molecule has 1 N–H and O–H groups in total. The van der Waals surface area contributed by atoms with Gasteiger partial charge in [-0.25, -0.2) is 9.97 Å². The van der Waals surface area contributed by atoms with Crippen LogP contribution in [0.15, 0.2) is 30.6 Å². The summed E-state index contributed by atoms with van der Waals surface area (Å²) >= 11 is 0. The van der Waals surface area contributed by atoms with Crippen molar-refractivity contribution in [2.24, 2.45) is 0 Å². The third kappa shape index (κ3) is 2.06. The van der Waals surface area contributed by atoms with E-state index in [1.807, 2.05) is 6.92 Å². The minimum absolute atomic E-state index is 0.185. The van der Waals surface area contributed by atoms with Crippen LogP contribution in [0.4, 0.5) is 13.2 Å². The third-order valence-electron chi connectivity index (χ3n) is 3.99. The predicted octanol–water partition coefficient (Wildman–Crippen LogP) is 3.93. The lowest BCUT2D eigenvalue weighted by Gasteiger charge is -2.12. The Morgan fingerprint density at radius 2 is 1.92 bits per heavy atom. The first-order chi connectivity index (χ1) is 11.4. The Kier molecular flexibility index (Phi) is 2.93. The van der Waals surface area contributed by atoms with Crippen LogP contribution >= 0.6 is 0 Å². The Bertz CT molecular complexity index is 1070. The standard InChI is InChI=1S/C16H12F3N5/c1-8-3-4-20-14-13(8)22-15(16(17,18)19)24(14)11-5-9(2)12-10(6-11)7-21-23-12/h3-7H,1-2H3,(H,21,23). The van der Waals surface area contributed by atoms with E-state index in [4.69, 9.17) is 0 Å². The van der Waals surface area contributed by atoms with Crippen LogP contribution in [-0.4, -0.2) is 24.7 Å². The highest BCUT2D eigenvalue weighted by molar-refractivity contribution is 5.85. The van der Waals surface area contributed by atoms with E-state index < -0.39 is 12.0 Å². The smallest absolute Gasteiger partial charge is 0.278 e. The predicted molar refractivity (Wildman–Crippen MR) is 83.0 cm³/mol. The summed E-state index contributed by atoms with van der Waals surface area (Å²) in [6.07, 6.45) is -1.53. The summed E-state index contributed by atoms with van der Waals surface area (Å²) in [4.78, 5) is 7.94. The molecule has 0 bridgehead atoms. The molecule has 0 unspecified atom stereocenters. The highest BCUT2D eigenvalue weighted by atomic mass is 19.4. The molecule has 0 aliphatic carbocycles. The summed E-state index contributed by atoms with van der Waals surface area (Å²) < 4.78 is 41.6. The molecule has 0 fully saturated rings. The average molecular weight is 331 g/mol. The van der Waals surface area contributed by atoms with E-state index >= 15 is 0 Å². The van der Waals surface area contributed by atoms with Crippen LogP contribution < -0.4 is 0 Å². The number of hydrogen-bond acceptors (Lipinski definition) is 3. The lowest BCUT2D eigenvalue weighted by Crippen LogP contribution is -2.14. The van der Waals surface area contributed by atoms with Crippen LogP contribution in [-0.2, 0) is 6.18 Å². The van der Waals surface area contributed by atoms with E-state index in [0.29, 0.717) is 11.3 Å². The number of alkyl halides is 3. The topological polar surface area (TPSA) is 59.4 Å². The lowest BCUT2D eigenvalue weighted by atomic mass is 10.1. The highest BCUT2D eigenvalue weighted by Crippen LogP contribution is 2.34. The average Bonchev–Trinajstić information content (AvgIpc) is 3.11. The van der Waals surface area contributed by atoms with E-state index in [9.17, 15) is 13.2 Å². The fourth-order valence-corrected chi connectivity index (χ4v) is 2.87. The molecule has 4 rings (SSSR count). The minimum atomic E-state index is -4.59. The van der Waals surface area contributed by atoms with Gasteiger partial charge >= 0.3 is 6.18 Å². The Balaban J connectivity index is 2.12. The first-order valence-corrected chi connectivity index (χ1v) is 7.21. The Labute approximate surface area is 134 Å². The van der Waals surface area contributed by atoms with E-state index in [1.54, 1.807) is 31.3 Å². The fraction of sp³-hybridized carbons (Fsp3) is 0.188. The second-order valence-electron chi connectivity index (χ2n) is 5.67. The van der Waals surface area contributed by atoms with Gasteiger partial charge < -0.3 is 0 Å². The summed E-state index contributed by atoms with van der Waals surface area (Å²) in [5, 5.41) is 7.51. The van der Waals surface area contributed by atoms with Crippen LogP contribution in [0.3, 0.4) is 0 Å². The molecule has 24 heavy (non-hydrogen) atoms. The molecular formula is C16H12F3N5. The number of aromatic amines is 1. The van der Waals surface area contributed by atoms with Gasteiger partial charge in [0.1, 0.15) is 5.52 Å². The lowest BCUT2D eigenvalue weighted by molar-refractivity contribution is -0.145. The zero-order chi connectivity index (χ0) is 17.1. The number of aryl methyl sites for hydroxylation is 2. The van der Waals surface area contributed by atoms with Crippen LogP contribution in [0.25, 0.3) is 27.8 Å². The van der Waals surface area contributed by atoms with Gasteiger partial charge in [0.15, 0.2) is 5.65 Å². The summed E-state index contributed by atoms with van der Waals surface area (Å²) in [6.45, 7) is 3.53. The van der Waals surface area contributed by atoms with Gasteiger partial charge in [-0.2, -0.15) is 18.3 Å². The number of imidazole rings is 1. The van der Waals surface area contributed by atoms with E-state index in [-0.39, 0.29) is 11.2 Å². The molecule has 0 atom stereocenters. The van der Waals surface area contributed by atoms with Gasteiger partial charge in [-0.1, -0.05) is 0 Å². The maximum atomic E-state index is 13.5. The largest absolute Gasteiger partial charge is 0.450 e. The highest BCUT2D eigenvalue weighted by Gasteiger charge is 2.38. The Hall–Kier alpha value is -2.90. The van der Waals surface area contributed by atoms with Crippen LogP contribution in [0.5, 0.6) is 0 Å². The molecule has 122 valence electrons. The molecule has 8 heteroatoms. The molecule has 3 aromatic heterocycles. The zero-order valence-corrected chi connectivity index (χ0v) is 12.8. The van der Waals surface area contributed by atoms with E-state index in [2.05, 4.69) is 20.2 Å². The molecule has 0 aliphatic heterocycles. The quantitative estimate of drug-likeness (QED) is 0.575. The van der Waals surface area contributed by atoms with Crippen molar-refractivity contribution in [1.82, 2.24) is 24.7 Å². The number of aromatic nitrogens is 5. The molecule has 0 saturated heterocycles. The molecule has 0 spiro atoms. The fourth-order valence-electron chi connectivity index (χ4n) is 2.87. The summed E-state index contributed by atoms with van der Waals surface area (Å²) in [7, 11) is 0. The number of rotatable bonds is 1. The minimum Gasteiger partial charge on any atom is -0.278 e. The van der Waals surface area contributed by atoms with Crippen molar-refractivity contribution in [3.63, 3.8) is 0 Å². The van der Waals surface area contributed by atoms with Crippen molar-refractivity contribution in [3.8, 4) is 5.69 Å². The number of fused-ring (bicyclic) bond motifs is 2. The van der Waals surface area contributed by atoms with Gasteiger partial charge in [-0.15, -0.1) is 0 Å². The Morgan fingerprint density at radius 3 is 2.67 bits per heavy atom. The van der Waals surface area contributed by atoms with Gasteiger partial charge in [0.05, 0.1) is 17.4 Å². The molecule has 5 nitrogen and oxygen atoms in total. The van der Waals surface area contributed by atoms with Crippen LogP contribution in [0.2, 0.25) is 0 Å². The van der Waals surface area contributed by atoms with Gasteiger partial charge in [0.25, 0.3) is 0 Å². The SMILES string of the molecule is Cc1ccnc2c1nc(C(F)(F)F)n2-c1cc(C)c2[nH]ncc2c1. The number of halogens is 3. The second kappa shape index (κ2) is 4.80. The number of benzene rings is 1. The molecule has 0 radical (unpaired) electrons.